The Morgan fingerprint density at radius 2 is 1.95 bits per heavy atom. The molecule has 1 aromatic carbocycles. The van der Waals surface area contributed by atoms with E-state index in [4.69, 9.17) is 9.72 Å². The van der Waals surface area contributed by atoms with Gasteiger partial charge in [0.15, 0.2) is 5.65 Å². The molecule has 2 heterocycles. The molecule has 0 saturated heterocycles. The molecule has 1 N–H and O–H groups in total. The van der Waals surface area contributed by atoms with Gasteiger partial charge in [-0.3, -0.25) is 0 Å². The number of nitrogens with one attached hydrogen (secondary N) is 1. The molecule has 0 aliphatic heterocycles. The van der Waals surface area contributed by atoms with Crippen LogP contribution < -0.4 is 5.32 Å². The van der Waals surface area contributed by atoms with Gasteiger partial charge in [0.25, 0.3) is 0 Å². The molecule has 3 aromatic rings. The van der Waals surface area contributed by atoms with Crippen LogP contribution in [0.2, 0.25) is 0 Å². The van der Waals surface area contributed by atoms with E-state index in [1.807, 2.05) is 35.8 Å². The van der Waals surface area contributed by atoms with Crippen LogP contribution in [-0.2, 0) is 4.74 Å². The van der Waals surface area contributed by atoms with E-state index in [9.17, 15) is 0 Å². The molecule has 0 amide bonds. The number of methoxy groups -OCH3 is 1. The van der Waals surface area contributed by atoms with Crippen molar-refractivity contribution in [3.8, 4) is 11.1 Å². The zero-order valence-corrected chi connectivity index (χ0v) is 13.1. The molecule has 0 saturated carbocycles. The maximum atomic E-state index is 5.11. The fourth-order valence-corrected chi connectivity index (χ4v) is 2.49. The lowest BCUT2D eigenvalue weighted by atomic mass is 10.1. The molecule has 114 valence electrons. The SMILES string of the molecule is COCCNc1c(C)c(C)nc2c(-c3ccccc3)cnn12. The molecular weight excluding hydrogens is 276 g/mol. The van der Waals surface area contributed by atoms with Crippen molar-refractivity contribution in [3.05, 3.63) is 47.8 Å². The Kier molecular flexibility index (Phi) is 4.06. The highest BCUT2D eigenvalue weighted by atomic mass is 16.5. The first-order valence-corrected chi connectivity index (χ1v) is 7.35. The summed E-state index contributed by atoms with van der Waals surface area (Å²) in [5.74, 6) is 0.974. The van der Waals surface area contributed by atoms with E-state index in [1.165, 1.54) is 0 Å². The second-order valence-corrected chi connectivity index (χ2v) is 5.25. The number of fused-ring (bicyclic) bond motifs is 1. The Bertz CT molecular complexity index is 780. The van der Waals surface area contributed by atoms with Gasteiger partial charge in [0.05, 0.1) is 12.8 Å². The molecule has 0 bridgehead atoms. The number of aromatic nitrogens is 3. The predicted molar refractivity (Wildman–Crippen MR) is 88.3 cm³/mol. The van der Waals surface area contributed by atoms with E-state index < -0.39 is 0 Å². The van der Waals surface area contributed by atoms with Crippen molar-refractivity contribution in [3.63, 3.8) is 0 Å². The number of ether oxygens (including phenoxy) is 1. The van der Waals surface area contributed by atoms with E-state index in [1.54, 1.807) is 7.11 Å². The monoisotopic (exact) mass is 296 g/mol. The van der Waals surface area contributed by atoms with E-state index in [-0.39, 0.29) is 0 Å². The number of aryl methyl sites for hydroxylation is 1. The topological polar surface area (TPSA) is 51.5 Å². The Morgan fingerprint density at radius 3 is 2.68 bits per heavy atom. The van der Waals surface area contributed by atoms with Gasteiger partial charge in [-0.2, -0.15) is 9.61 Å². The number of hydrogen-bond acceptors (Lipinski definition) is 4. The van der Waals surface area contributed by atoms with Gasteiger partial charge in [0.1, 0.15) is 5.82 Å². The first-order valence-electron chi connectivity index (χ1n) is 7.35. The number of nitrogens with zero attached hydrogens (tertiary/aromatic N) is 3. The molecular formula is C17H20N4O. The Morgan fingerprint density at radius 1 is 1.18 bits per heavy atom. The summed E-state index contributed by atoms with van der Waals surface area (Å²) in [6.45, 7) is 5.46. The van der Waals surface area contributed by atoms with E-state index in [0.717, 1.165) is 40.4 Å². The molecule has 5 nitrogen and oxygen atoms in total. The van der Waals surface area contributed by atoms with Gasteiger partial charge in [-0.15, -0.1) is 0 Å². The van der Waals surface area contributed by atoms with Crippen LogP contribution in [0, 0.1) is 13.8 Å². The number of hydrogen-bond donors (Lipinski definition) is 1. The van der Waals surface area contributed by atoms with Gasteiger partial charge < -0.3 is 10.1 Å². The maximum Gasteiger partial charge on any atom is 0.165 e. The fourth-order valence-electron chi connectivity index (χ4n) is 2.49. The molecule has 0 atom stereocenters. The van der Waals surface area contributed by atoms with Crippen LogP contribution >= 0.6 is 0 Å². The van der Waals surface area contributed by atoms with Gasteiger partial charge in [0, 0.05) is 30.5 Å². The van der Waals surface area contributed by atoms with Crippen molar-refractivity contribution in [1.82, 2.24) is 14.6 Å². The molecule has 5 heteroatoms. The molecule has 0 radical (unpaired) electrons. The average Bonchev–Trinajstić information content (AvgIpc) is 2.95. The minimum absolute atomic E-state index is 0.648. The summed E-state index contributed by atoms with van der Waals surface area (Å²) in [7, 11) is 1.70. The number of benzene rings is 1. The molecule has 0 unspecified atom stereocenters. The Balaban J connectivity index is 2.12. The van der Waals surface area contributed by atoms with Gasteiger partial charge in [-0.25, -0.2) is 4.98 Å². The largest absolute Gasteiger partial charge is 0.383 e. The molecule has 2 aromatic heterocycles. The highest BCUT2D eigenvalue weighted by molar-refractivity contribution is 5.78. The summed E-state index contributed by atoms with van der Waals surface area (Å²) in [4.78, 5) is 4.73. The van der Waals surface area contributed by atoms with Crippen LogP contribution in [0.4, 0.5) is 5.82 Å². The smallest absolute Gasteiger partial charge is 0.165 e. The minimum atomic E-state index is 0.648. The maximum absolute atomic E-state index is 5.11. The summed E-state index contributed by atoms with van der Waals surface area (Å²) in [5, 5.41) is 7.92. The lowest BCUT2D eigenvalue weighted by Crippen LogP contribution is -2.14. The summed E-state index contributed by atoms with van der Waals surface area (Å²) in [6.07, 6.45) is 1.87. The second kappa shape index (κ2) is 6.15. The van der Waals surface area contributed by atoms with Crippen LogP contribution in [0.25, 0.3) is 16.8 Å². The third kappa shape index (κ3) is 2.55. The fraction of sp³-hybridized carbons (Fsp3) is 0.294. The van der Waals surface area contributed by atoms with Crippen molar-refractivity contribution in [1.29, 1.82) is 0 Å². The van der Waals surface area contributed by atoms with Crippen molar-refractivity contribution in [2.75, 3.05) is 25.6 Å². The van der Waals surface area contributed by atoms with E-state index >= 15 is 0 Å². The Hall–Kier alpha value is -2.40. The van der Waals surface area contributed by atoms with Crippen LogP contribution in [-0.4, -0.2) is 34.9 Å². The van der Waals surface area contributed by atoms with Crippen LogP contribution in [0.5, 0.6) is 0 Å². The number of anilines is 1. The standard InChI is InChI=1S/C17H20N4O/c1-12-13(2)20-17-15(14-7-5-4-6-8-14)11-19-21(17)16(12)18-9-10-22-3/h4-8,11,18H,9-10H2,1-3H3. The first kappa shape index (κ1) is 14.5. The van der Waals surface area contributed by atoms with Gasteiger partial charge in [-0.05, 0) is 19.4 Å². The van der Waals surface area contributed by atoms with Crippen molar-refractivity contribution >= 4 is 11.5 Å². The van der Waals surface area contributed by atoms with Crippen molar-refractivity contribution in [2.24, 2.45) is 0 Å². The highest BCUT2D eigenvalue weighted by Gasteiger charge is 2.14. The number of rotatable bonds is 5. The second-order valence-electron chi connectivity index (χ2n) is 5.25. The third-order valence-corrected chi connectivity index (χ3v) is 3.81. The highest BCUT2D eigenvalue weighted by Crippen LogP contribution is 2.27. The van der Waals surface area contributed by atoms with Gasteiger partial charge in [-0.1, -0.05) is 30.3 Å². The Labute approximate surface area is 130 Å². The van der Waals surface area contributed by atoms with Crippen molar-refractivity contribution in [2.45, 2.75) is 13.8 Å². The molecule has 0 fully saturated rings. The summed E-state index contributed by atoms with van der Waals surface area (Å²) >= 11 is 0. The van der Waals surface area contributed by atoms with Crippen LogP contribution in [0.15, 0.2) is 36.5 Å². The van der Waals surface area contributed by atoms with Gasteiger partial charge >= 0.3 is 0 Å². The van der Waals surface area contributed by atoms with E-state index in [0.29, 0.717) is 6.61 Å². The molecule has 22 heavy (non-hydrogen) atoms. The van der Waals surface area contributed by atoms with Crippen molar-refractivity contribution < 1.29 is 4.74 Å². The molecule has 3 rings (SSSR count). The predicted octanol–water partition coefficient (Wildman–Crippen LogP) is 3.07. The summed E-state index contributed by atoms with van der Waals surface area (Å²) in [5.41, 5.74) is 5.14. The zero-order valence-electron chi connectivity index (χ0n) is 13.1. The molecule has 0 aliphatic rings. The first-order chi connectivity index (χ1) is 10.7. The van der Waals surface area contributed by atoms with Gasteiger partial charge in [0.2, 0.25) is 0 Å². The van der Waals surface area contributed by atoms with Crippen LogP contribution in [0.1, 0.15) is 11.3 Å². The quantitative estimate of drug-likeness (QED) is 0.735. The molecule has 0 aliphatic carbocycles. The molecule has 0 spiro atoms. The van der Waals surface area contributed by atoms with E-state index in [2.05, 4.69) is 29.5 Å². The summed E-state index contributed by atoms with van der Waals surface area (Å²) < 4.78 is 6.99. The lowest BCUT2D eigenvalue weighted by Gasteiger charge is -2.13. The third-order valence-electron chi connectivity index (χ3n) is 3.81. The average molecular weight is 296 g/mol. The summed E-state index contributed by atoms with van der Waals surface area (Å²) in [6, 6.07) is 10.2. The minimum Gasteiger partial charge on any atom is -0.383 e. The van der Waals surface area contributed by atoms with Crippen LogP contribution in [0.3, 0.4) is 0 Å². The normalized spacial score (nSPS) is 11.0. The lowest BCUT2D eigenvalue weighted by molar-refractivity contribution is 0.210. The zero-order chi connectivity index (χ0) is 15.5.